The molecule has 3 nitrogen and oxygen atoms in total. The van der Waals surface area contributed by atoms with Crippen molar-refractivity contribution in [3.05, 3.63) is 28.2 Å². The summed E-state index contributed by atoms with van der Waals surface area (Å²) in [6, 6.07) is 8.64. The van der Waals surface area contributed by atoms with Gasteiger partial charge in [0.2, 0.25) is 0 Å². The molecule has 1 aliphatic rings. The zero-order chi connectivity index (χ0) is 12.4. The van der Waals surface area contributed by atoms with Crippen LogP contribution in [0, 0.1) is 11.3 Å². The number of hydrogen-bond acceptors (Lipinski definition) is 3. The second kappa shape index (κ2) is 5.07. The first-order chi connectivity index (χ1) is 8.10. The monoisotopic (exact) mass is 293 g/mol. The second-order valence-corrected chi connectivity index (χ2v) is 5.50. The van der Waals surface area contributed by atoms with E-state index in [-0.39, 0.29) is 0 Å². The van der Waals surface area contributed by atoms with Crippen LogP contribution in [0.4, 0.5) is 5.69 Å². The summed E-state index contributed by atoms with van der Waals surface area (Å²) in [5.74, 6) is 0. The third kappa shape index (κ3) is 2.80. The van der Waals surface area contributed by atoms with Crippen LogP contribution in [0.15, 0.2) is 22.7 Å². The Morgan fingerprint density at radius 3 is 2.76 bits per heavy atom. The van der Waals surface area contributed by atoms with Gasteiger partial charge in [-0.15, -0.1) is 0 Å². The van der Waals surface area contributed by atoms with Crippen molar-refractivity contribution < 1.29 is 0 Å². The molecule has 1 saturated heterocycles. The highest BCUT2D eigenvalue weighted by Crippen LogP contribution is 2.24. The lowest BCUT2D eigenvalue weighted by molar-refractivity contribution is 0.234. The molecule has 1 unspecified atom stereocenters. The zero-order valence-electron chi connectivity index (χ0n) is 10.2. The van der Waals surface area contributed by atoms with Gasteiger partial charge in [0.15, 0.2) is 0 Å². The highest BCUT2D eigenvalue weighted by molar-refractivity contribution is 9.10. The Morgan fingerprint density at radius 2 is 2.12 bits per heavy atom. The number of likely N-dealkylation sites (N-methyl/N-ethyl adjacent to an activating group) is 1. The van der Waals surface area contributed by atoms with E-state index < -0.39 is 0 Å². The molecule has 1 atom stereocenters. The lowest BCUT2D eigenvalue weighted by atomic mass is 10.1. The number of nitriles is 1. The third-order valence-electron chi connectivity index (χ3n) is 3.34. The van der Waals surface area contributed by atoms with Crippen molar-refractivity contribution in [1.29, 1.82) is 5.26 Å². The molecule has 0 saturated carbocycles. The lowest BCUT2D eigenvalue weighted by Gasteiger charge is -2.39. The first kappa shape index (κ1) is 12.4. The summed E-state index contributed by atoms with van der Waals surface area (Å²) in [6.07, 6.45) is 0. The first-order valence-corrected chi connectivity index (χ1v) is 6.55. The SMILES string of the molecule is CC1CN(c2cc(Br)cc(C#N)c2)CCN1C. The van der Waals surface area contributed by atoms with Crippen molar-refractivity contribution in [3.8, 4) is 6.07 Å². The van der Waals surface area contributed by atoms with Crippen LogP contribution >= 0.6 is 15.9 Å². The molecule has 2 rings (SSSR count). The van der Waals surface area contributed by atoms with E-state index in [2.05, 4.69) is 51.8 Å². The minimum atomic E-state index is 0.549. The summed E-state index contributed by atoms with van der Waals surface area (Å²) in [7, 11) is 2.16. The summed E-state index contributed by atoms with van der Waals surface area (Å²) >= 11 is 3.46. The molecule has 17 heavy (non-hydrogen) atoms. The molecule has 0 radical (unpaired) electrons. The van der Waals surface area contributed by atoms with Crippen molar-refractivity contribution in [1.82, 2.24) is 4.90 Å². The smallest absolute Gasteiger partial charge is 0.0992 e. The molecule has 0 spiro atoms. The molecule has 1 heterocycles. The topological polar surface area (TPSA) is 30.3 Å². The van der Waals surface area contributed by atoms with Crippen molar-refractivity contribution in [2.45, 2.75) is 13.0 Å². The average Bonchev–Trinajstić information content (AvgIpc) is 2.32. The van der Waals surface area contributed by atoms with E-state index in [0.29, 0.717) is 11.6 Å². The van der Waals surface area contributed by atoms with Gasteiger partial charge in [-0.1, -0.05) is 15.9 Å². The predicted octanol–water partition coefficient (Wildman–Crippen LogP) is 2.46. The third-order valence-corrected chi connectivity index (χ3v) is 3.79. The number of benzene rings is 1. The van der Waals surface area contributed by atoms with Crippen LogP contribution in [-0.2, 0) is 0 Å². The van der Waals surface area contributed by atoms with E-state index in [1.54, 1.807) is 0 Å². The number of hydrogen-bond donors (Lipinski definition) is 0. The fraction of sp³-hybridized carbons (Fsp3) is 0.462. The van der Waals surface area contributed by atoms with Crippen LogP contribution in [0.2, 0.25) is 0 Å². The van der Waals surface area contributed by atoms with Gasteiger partial charge in [-0.05, 0) is 32.2 Å². The van der Waals surface area contributed by atoms with Crippen LogP contribution in [0.1, 0.15) is 12.5 Å². The van der Waals surface area contributed by atoms with E-state index in [1.165, 1.54) is 0 Å². The van der Waals surface area contributed by atoms with Crippen LogP contribution in [-0.4, -0.2) is 37.6 Å². The number of anilines is 1. The average molecular weight is 294 g/mol. The largest absolute Gasteiger partial charge is 0.369 e. The van der Waals surface area contributed by atoms with E-state index in [9.17, 15) is 0 Å². The summed E-state index contributed by atoms with van der Waals surface area (Å²) in [4.78, 5) is 4.70. The Hall–Kier alpha value is -1.05. The highest BCUT2D eigenvalue weighted by atomic mass is 79.9. The quantitative estimate of drug-likeness (QED) is 0.797. The minimum absolute atomic E-state index is 0.549. The normalized spacial score (nSPS) is 21.3. The summed E-state index contributed by atoms with van der Waals surface area (Å²) in [5.41, 5.74) is 1.84. The van der Waals surface area contributed by atoms with Gasteiger partial charge in [-0.3, -0.25) is 0 Å². The van der Waals surface area contributed by atoms with E-state index in [1.807, 2.05) is 12.1 Å². The van der Waals surface area contributed by atoms with Crippen molar-refractivity contribution >= 4 is 21.6 Å². The molecule has 0 bridgehead atoms. The predicted molar refractivity (Wildman–Crippen MR) is 73.2 cm³/mol. The van der Waals surface area contributed by atoms with Gasteiger partial charge in [-0.25, -0.2) is 0 Å². The Bertz CT molecular complexity index is 452. The fourth-order valence-corrected chi connectivity index (χ4v) is 2.59. The summed E-state index contributed by atoms with van der Waals surface area (Å²) in [6.45, 7) is 5.32. The maximum Gasteiger partial charge on any atom is 0.0992 e. The van der Waals surface area contributed by atoms with Gasteiger partial charge in [0, 0.05) is 35.8 Å². The maximum absolute atomic E-state index is 8.98. The second-order valence-electron chi connectivity index (χ2n) is 4.59. The first-order valence-electron chi connectivity index (χ1n) is 5.76. The molecule has 1 aliphatic heterocycles. The molecule has 1 fully saturated rings. The molecule has 4 heteroatoms. The molecular formula is C13H16BrN3. The van der Waals surface area contributed by atoms with Crippen molar-refractivity contribution in [2.75, 3.05) is 31.6 Å². The Labute approximate surface area is 111 Å². The molecular weight excluding hydrogens is 278 g/mol. The van der Waals surface area contributed by atoms with Crippen molar-refractivity contribution in [3.63, 3.8) is 0 Å². The number of nitrogens with zero attached hydrogens (tertiary/aromatic N) is 3. The number of rotatable bonds is 1. The standard InChI is InChI=1S/C13H16BrN3/c1-10-9-17(4-3-16(10)2)13-6-11(8-15)5-12(14)7-13/h5-7,10H,3-4,9H2,1-2H3. The molecule has 0 amide bonds. The van der Waals surface area contributed by atoms with E-state index in [0.717, 1.165) is 29.8 Å². The Kier molecular flexibility index (Phi) is 3.70. The minimum Gasteiger partial charge on any atom is -0.369 e. The highest BCUT2D eigenvalue weighted by Gasteiger charge is 2.21. The van der Waals surface area contributed by atoms with Crippen LogP contribution in [0.3, 0.4) is 0 Å². The Morgan fingerprint density at radius 1 is 1.35 bits per heavy atom. The van der Waals surface area contributed by atoms with Gasteiger partial charge in [0.05, 0.1) is 11.6 Å². The van der Waals surface area contributed by atoms with Gasteiger partial charge in [0.25, 0.3) is 0 Å². The molecule has 0 aliphatic carbocycles. The van der Waals surface area contributed by atoms with Crippen LogP contribution in [0.5, 0.6) is 0 Å². The number of piperazine rings is 1. The molecule has 1 aromatic rings. The molecule has 1 aromatic carbocycles. The van der Waals surface area contributed by atoms with Gasteiger partial charge < -0.3 is 9.80 Å². The number of halogens is 1. The lowest BCUT2D eigenvalue weighted by Crippen LogP contribution is -2.50. The van der Waals surface area contributed by atoms with Crippen molar-refractivity contribution in [2.24, 2.45) is 0 Å². The van der Waals surface area contributed by atoms with Gasteiger partial charge >= 0.3 is 0 Å². The van der Waals surface area contributed by atoms with Crippen LogP contribution in [0.25, 0.3) is 0 Å². The molecule has 0 aromatic heterocycles. The van der Waals surface area contributed by atoms with Gasteiger partial charge in [0.1, 0.15) is 0 Å². The van der Waals surface area contributed by atoms with E-state index in [4.69, 9.17) is 5.26 Å². The molecule has 90 valence electrons. The molecule has 0 N–H and O–H groups in total. The van der Waals surface area contributed by atoms with Gasteiger partial charge in [-0.2, -0.15) is 5.26 Å². The Balaban J connectivity index is 2.23. The maximum atomic E-state index is 8.98. The van der Waals surface area contributed by atoms with Crippen LogP contribution < -0.4 is 4.90 Å². The zero-order valence-corrected chi connectivity index (χ0v) is 11.7. The van der Waals surface area contributed by atoms with E-state index >= 15 is 0 Å². The fourth-order valence-electron chi connectivity index (χ4n) is 2.10. The summed E-state index contributed by atoms with van der Waals surface area (Å²) in [5, 5.41) is 8.98. The summed E-state index contributed by atoms with van der Waals surface area (Å²) < 4.78 is 0.970.